The predicted octanol–water partition coefficient (Wildman–Crippen LogP) is 2.67. The van der Waals surface area contributed by atoms with E-state index in [4.69, 9.17) is 16.3 Å². The zero-order valence-corrected chi connectivity index (χ0v) is 16.1. The van der Waals surface area contributed by atoms with Gasteiger partial charge in [-0.1, -0.05) is 25.4 Å². The minimum absolute atomic E-state index is 0.0169. The van der Waals surface area contributed by atoms with Crippen molar-refractivity contribution in [2.75, 3.05) is 30.8 Å². The van der Waals surface area contributed by atoms with E-state index in [1.165, 1.54) is 13.2 Å². The van der Waals surface area contributed by atoms with Crippen molar-refractivity contribution in [3.63, 3.8) is 0 Å². The van der Waals surface area contributed by atoms with E-state index >= 15 is 0 Å². The molecule has 0 saturated carbocycles. The van der Waals surface area contributed by atoms with Crippen LogP contribution in [0.2, 0.25) is 5.02 Å². The fourth-order valence-corrected chi connectivity index (χ4v) is 3.20. The number of nitrogens with one attached hydrogen (secondary N) is 1. The maximum Gasteiger partial charge on any atom is 0.232 e. The van der Waals surface area contributed by atoms with Gasteiger partial charge in [0.1, 0.15) is 5.75 Å². The molecule has 1 aromatic carbocycles. The summed E-state index contributed by atoms with van der Waals surface area (Å²) < 4.78 is 30.6. The molecule has 0 aliphatic rings. The molecule has 136 valence electrons. The molecule has 0 aromatic heterocycles. The molecule has 0 aliphatic carbocycles. The first kappa shape index (κ1) is 20.6. The summed E-state index contributed by atoms with van der Waals surface area (Å²) in [5, 5.41) is 3.18. The lowest BCUT2D eigenvalue weighted by atomic mass is 10.1. The van der Waals surface area contributed by atoms with Gasteiger partial charge in [0.05, 0.1) is 19.1 Å². The quantitative estimate of drug-likeness (QED) is 0.718. The molecule has 1 rings (SSSR count). The van der Waals surface area contributed by atoms with Crippen molar-refractivity contribution in [2.45, 2.75) is 26.7 Å². The van der Waals surface area contributed by atoms with Crippen LogP contribution in [-0.4, -0.2) is 40.8 Å². The van der Waals surface area contributed by atoms with Crippen LogP contribution < -0.4 is 14.4 Å². The zero-order valence-electron chi connectivity index (χ0n) is 14.5. The number of halogens is 1. The van der Waals surface area contributed by atoms with E-state index in [0.717, 1.165) is 17.0 Å². The average Bonchev–Trinajstić information content (AvgIpc) is 2.46. The van der Waals surface area contributed by atoms with Gasteiger partial charge >= 0.3 is 0 Å². The van der Waals surface area contributed by atoms with E-state index in [0.29, 0.717) is 28.9 Å². The van der Waals surface area contributed by atoms with Gasteiger partial charge in [-0.25, -0.2) is 8.42 Å². The number of sulfonamides is 1. The fraction of sp³-hybridized carbons (Fsp3) is 0.562. The molecule has 0 unspecified atom stereocenters. The van der Waals surface area contributed by atoms with Crippen LogP contribution in [0.15, 0.2) is 18.2 Å². The van der Waals surface area contributed by atoms with Crippen LogP contribution in [0.25, 0.3) is 0 Å². The van der Waals surface area contributed by atoms with Gasteiger partial charge in [-0.05, 0) is 30.5 Å². The third kappa shape index (κ3) is 6.57. The van der Waals surface area contributed by atoms with Crippen molar-refractivity contribution >= 4 is 33.2 Å². The molecule has 0 bridgehead atoms. The minimum atomic E-state index is -3.58. The van der Waals surface area contributed by atoms with Crippen LogP contribution in [0, 0.1) is 5.92 Å². The van der Waals surface area contributed by atoms with Crippen molar-refractivity contribution in [2.24, 2.45) is 5.92 Å². The second kappa shape index (κ2) is 9.13. The number of nitrogens with zero attached hydrogens (tertiary/aromatic N) is 1. The van der Waals surface area contributed by atoms with E-state index in [2.05, 4.69) is 19.2 Å². The number of methoxy groups -OCH3 is 1. The molecule has 0 heterocycles. The summed E-state index contributed by atoms with van der Waals surface area (Å²) in [6.07, 6.45) is 2.02. The Morgan fingerprint density at radius 3 is 2.58 bits per heavy atom. The Kier molecular flexibility index (Phi) is 7.83. The molecule has 0 spiro atoms. The van der Waals surface area contributed by atoms with E-state index < -0.39 is 10.0 Å². The maximum atomic E-state index is 12.1. The predicted molar refractivity (Wildman–Crippen MR) is 97.3 cm³/mol. The molecule has 24 heavy (non-hydrogen) atoms. The highest BCUT2D eigenvalue weighted by Crippen LogP contribution is 2.32. The van der Waals surface area contributed by atoms with Crippen LogP contribution in [0.4, 0.5) is 5.69 Å². The average molecular weight is 377 g/mol. The maximum absolute atomic E-state index is 12.1. The Labute approximate surface area is 149 Å². The summed E-state index contributed by atoms with van der Waals surface area (Å²) in [7, 11) is -2.13. The van der Waals surface area contributed by atoms with Crippen molar-refractivity contribution < 1.29 is 17.9 Å². The SMILES string of the molecule is COc1ccc(Cl)cc1N(CCC(=O)NCCC(C)C)S(C)(=O)=O. The standard InChI is InChI=1S/C16H25ClN2O4S/c1-12(2)7-9-18-16(20)8-10-19(24(4,21)22)14-11-13(17)5-6-15(14)23-3/h5-6,11-12H,7-10H2,1-4H3,(H,18,20). The van der Waals surface area contributed by atoms with E-state index in [-0.39, 0.29) is 18.9 Å². The second-order valence-corrected chi connectivity index (χ2v) is 8.28. The Bertz CT molecular complexity index is 662. The summed E-state index contributed by atoms with van der Waals surface area (Å²) in [5.74, 6) is 0.684. The molecule has 1 aromatic rings. The molecule has 0 radical (unpaired) electrons. The largest absolute Gasteiger partial charge is 0.495 e. The number of anilines is 1. The molecule has 0 fully saturated rings. The molecular formula is C16H25ClN2O4S. The number of hydrogen-bond acceptors (Lipinski definition) is 4. The summed E-state index contributed by atoms with van der Waals surface area (Å²) in [5.41, 5.74) is 0.322. The monoisotopic (exact) mass is 376 g/mol. The molecule has 8 heteroatoms. The Morgan fingerprint density at radius 2 is 2.04 bits per heavy atom. The first-order valence-electron chi connectivity index (χ1n) is 7.73. The molecule has 0 aliphatic heterocycles. The normalized spacial score (nSPS) is 11.4. The van der Waals surface area contributed by atoms with Crippen molar-refractivity contribution in [1.29, 1.82) is 0 Å². The lowest BCUT2D eigenvalue weighted by Gasteiger charge is -2.24. The van der Waals surface area contributed by atoms with Crippen LogP contribution in [0.5, 0.6) is 5.75 Å². The summed E-state index contributed by atoms with van der Waals surface area (Å²) in [6.45, 7) is 4.74. The van der Waals surface area contributed by atoms with E-state index in [9.17, 15) is 13.2 Å². The lowest BCUT2D eigenvalue weighted by molar-refractivity contribution is -0.120. The fourth-order valence-electron chi connectivity index (χ4n) is 2.11. The highest BCUT2D eigenvalue weighted by atomic mass is 35.5. The van der Waals surface area contributed by atoms with Crippen molar-refractivity contribution in [1.82, 2.24) is 5.32 Å². The Balaban J connectivity index is 2.85. The zero-order chi connectivity index (χ0) is 18.3. The van der Waals surface area contributed by atoms with Gasteiger partial charge in [0.25, 0.3) is 0 Å². The smallest absolute Gasteiger partial charge is 0.232 e. The van der Waals surface area contributed by atoms with Crippen molar-refractivity contribution in [3.05, 3.63) is 23.2 Å². The van der Waals surface area contributed by atoms with Crippen LogP contribution in [0.3, 0.4) is 0 Å². The number of carbonyl (C=O) groups excluding carboxylic acids is 1. The number of ether oxygens (including phenoxy) is 1. The summed E-state index contributed by atoms with van der Waals surface area (Å²) in [4.78, 5) is 11.9. The van der Waals surface area contributed by atoms with Gasteiger partial charge < -0.3 is 10.1 Å². The highest BCUT2D eigenvalue weighted by Gasteiger charge is 2.22. The number of hydrogen-bond donors (Lipinski definition) is 1. The molecule has 6 nitrogen and oxygen atoms in total. The molecule has 1 amide bonds. The molecule has 1 N–H and O–H groups in total. The number of rotatable bonds is 9. The summed E-state index contributed by atoms with van der Waals surface area (Å²) in [6, 6.07) is 4.72. The van der Waals surface area contributed by atoms with Crippen LogP contribution in [-0.2, 0) is 14.8 Å². The number of amides is 1. The number of benzene rings is 1. The molecule has 0 saturated heterocycles. The summed E-state index contributed by atoms with van der Waals surface area (Å²) >= 11 is 5.97. The van der Waals surface area contributed by atoms with Crippen LogP contribution in [0.1, 0.15) is 26.7 Å². The first-order chi connectivity index (χ1) is 11.1. The topological polar surface area (TPSA) is 75.7 Å². The van der Waals surface area contributed by atoms with Gasteiger partial charge in [-0.2, -0.15) is 0 Å². The van der Waals surface area contributed by atoms with Gasteiger partial charge in [-0.15, -0.1) is 0 Å². The minimum Gasteiger partial charge on any atom is -0.495 e. The number of carbonyl (C=O) groups is 1. The first-order valence-corrected chi connectivity index (χ1v) is 9.95. The van der Waals surface area contributed by atoms with Gasteiger partial charge in [0, 0.05) is 24.5 Å². The lowest BCUT2D eigenvalue weighted by Crippen LogP contribution is -2.35. The van der Waals surface area contributed by atoms with Gasteiger partial charge in [0.15, 0.2) is 0 Å². The van der Waals surface area contributed by atoms with Gasteiger partial charge in [0.2, 0.25) is 15.9 Å². The van der Waals surface area contributed by atoms with Crippen LogP contribution >= 0.6 is 11.6 Å². The Morgan fingerprint density at radius 1 is 1.38 bits per heavy atom. The highest BCUT2D eigenvalue weighted by molar-refractivity contribution is 7.92. The molecule has 0 atom stereocenters. The van der Waals surface area contributed by atoms with E-state index in [1.807, 2.05) is 0 Å². The van der Waals surface area contributed by atoms with Gasteiger partial charge in [-0.3, -0.25) is 9.10 Å². The third-order valence-corrected chi connectivity index (χ3v) is 4.81. The third-order valence-electron chi connectivity index (χ3n) is 3.40. The van der Waals surface area contributed by atoms with E-state index in [1.54, 1.807) is 12.1 Å². The Hall–Kier alpha value is -1.47. The second-order valence-electron chi connectivity index (χ2n) is 5.93. The van der Waals surface area contributed by atoms with Crippen molar-refractivity contribution in [3.8, 4) is 5.75 Å². The molecular weight excluding hydrogens is 352 g/mol.